The SMILES string of the molecule is Cc1c(Br)ccc(NC(=O)COC(=O)c2cccc(Cl)c2)c1C. The molecule has 0 fully saturated rings. The number of nitrogens with one attached hydrogen (secondary N) is 1. The molecule has 1 N–H and O–H groups in total. The Labute approximate surface area is 147 Å². The number of anilines is 1. The Morgan fingerprint density at radius 3 is 2.61 bits per heavy atom. The number of hydrogen-bond donors (Lipinski definition) is 1. The first-order chi connectivity index (χ1) is 10.9. The van der Waals surface area contributed by atoms with Crippen LogP contribution in [0.25, 0.3) is 0 Å². The second kappa shape index (κ2) is 7.62. The Morgan fingerprint density at radius 2 is 1.91 bits per heavy atom. The van der Waals surface area contributed by atoms with E-state index in [1.165, 1.54) is 6.07 Å². The van der Waals surface area contributed by atoms with E-state index in [0.29, 0.717) is 16.3 Å². The molecule has 23 heavy (non-hydrogen) atoms. The topological polar surface area (TPSA) is 55.4 Å². The zero-order chi connectivity index (χ0) is 17.0. The third-order valence-corrected chi connectivity index (χ3v) is 4.48. The number of carbonyl (C=O) groups is 2. The van der Waals surface area contributed by atoms with E-state index in [0.717, 1.165) is 15.6 Å². The van der Waals surface area contributed by atoms with Gasteiger partial charge in [0.05, 0.1) is 5.56 Å². The summed E-state index contributed by atoms with van der Waals surface area (Å²) in [6.45, 7) is 3.50. The third-order valence-electron chi connectivity index (χ3n) is 3.39. The van der Waals surface area contributed by atoms with Gasteiger partial charge in [-0.25, -0.2) is 4.79 Å². The number of rotatable bonds is 4. The molecule has 0 saturated heterocycles. The predicted molar refractivity (Wildman–Crippen MR) is 94.0 cm³/mol. The van der Waals surface area contributed by atoms with Crippen LogP contribution in [0.5, 0.6) is 0 Å². The maximum absolute atomic E-state index is 11.9. The summed E-state index contributed by atoms with van der Waals surface area (Å²) in [7, 11) is 0. The Kier molecular flexibility index (Phi) is 5.80. The van der Waals surface area contributed by atoms with Crippen LogP contribution in [0.1, 0.15) is 21.5 Å². The second-order valence-corrected chi connectivity index (χ2v) is 6.27. The van der Waals surface area contributed by atoms with Gasteiger partial charge in [0.25, 0.3) is 5.91 Å². The highest BCUT2D eigenvalue weighted by molar-refractivity contribution is 9.10. The third kappa shape index (κ3) is 4.56. The number of carbonyl (C=O) groups excluding carboxylic acids is 2. The highest BCUT2D eigenvalue weighted by atomic mass is 79.9. The average molecular weight is 397 g/mol. The number of benzene rings is 2. The van der Waals surface area contributed by atoms with Crippen molar-refractivity contribution >= 4 is 45.1 Å². The van der Waals surface area contributed by atoms with Crippen molar-refractivity contribution in [2.45, 2.75) is 13.8 Å². The van der Waals surface area contributed by atoms with Crippen LogP contribution in [-0.2, 0) is 9.53 Å². The Morgan fingerprint density at radius 1 is 1.17 bits per heavy atom. The second-order valence-electron chi connectivity index (χ2n) is 4.98. The zero-order valence-electron chi connectivity index (χ0n) is 12.7. The molecule has 0 heterocycles. The maximum atomic E-state index is 11.9. The van der Waals surface area contributed by atoms with Crippen LogP contribution in [0, 0.1) is 13.8 Å². The Bertz CT molecular complexity index is 761. The molecule has 1 amide bonds. The fraction of sp³-hybridized carbons (Fsp3) is 0.176. The van der Waals surface area contributed by atoms with E-state index in [4.69, 9.17) is 16.3 Å². The first-order valence-corrected chi connectivity index (χ1v) is 8.04. The average Bonchev–Trinajstić information content (AvgIpc) is 2.53. The van der Waals surface area contributed by atoms with Crippen LogP contribution in [0.3, 0.4) is 0 Å². The van der Waals surface area contributed by atoms with E-state index in [9.17, 15) is 9.59 Å². The fourth-order valence-electron chi connectivity index (χ4n) is 1.94. The lowest BCUT2D eigenvalue weighted by Crippen LogP contribution is -2.21. The van der Waals surface area contributed by atoms with Crippen molar-refractivity contribution in [1.29, 1.82) is 0 Å². The van der Waals surface area contributed by atoms with Gasteiger partial charge in [-0.05, 0) is 55.3 Å². The molecule has 0 aliphatic carbocycles. The van der Waals surface area contributed by atoms with Crippen LogP contribution in [0.2, 0.25) is 5.02 Å². The molecule has 0 aliphatic rings. The van der Waals surface area contributed by atoms with E-state index >= 15 is 0 Å². The number of esters is 1. The molecule has 2 rings (SSSR count). The van der Waals surface area contributed by atoms with Gasteiger partial charge in [-0.1, -0.05) is 33.6 Å². The standard InChI is InChI=1S/C17H15BrClNO3/c1-10-11(2)15(7-6-14(10)18)20-16(21)9-23-17(22)12-4-3-5-13(19)8-12/h3-8H,9H2,1-2H3,(H,20,21). The lowest BCUT2D eigenvalue weighted by Gasteiger charge is -2.12. The molecule has 6 heteroatoms. The lowest BCUT2D eigenvalue weighted by molar-refractivity contribution is -0.119. The van der Waals surface area contributed by atoms with Crippen LogP contribution in [-0.4, -0.2) is 18.5 Å². The van der Waals surface area contributed by atoms with Crippen molar-refractivity contribution in [3.05, 3.63) is 62.6 Å². The van der Waals surface area contributed by atoms with Crippen molar-refractivity contribution in [2.75, 3.05) is 11.9 Å². The minimum atomic E-state index is -0.591. The Hall–Kier alpha value is -1.85. The van der Waals surface area contributed by atoms with Crippen molar-refractivity contribution in [1.82, 2.24) is 0 Å². The van der Waals surface area contributed by atoms with Gasteiger partial charge >= 0.3 is 5.97 Å². The molecule has 0 saturated carbocycles. The zero-order valence-corrected chi connectivity index (χ0v) is 15.0. The normalized spacial score (nSPS) is 10.3. The molecule has 0 bridgehead atoms. The van der Waals surface area contributed by atoms with Crippen LogP contribution in [0.4, 0.5) is 5.69 Å². The number of hydrogen-bond acceptors (Lipinski definition) is 3. The summed E-state index contributed by atoms with van der Waals surface area (Å²) in [5.74, 6) is -0.989. The minimum Gasteiger partial charge on any atom is -0.452 e. The van der Waals surface area contributed by atoms with Crippen molar-refractivity contribution in [2.24, 2.45) is 0 Å². The largest absolute Gasteiger partial charge is 0.452 e. The molecule has 0 aromatic heterocycles. The first-order valence-electron chi connectivity index (χ1n) is 6.86. The molecule has 0 radical (unpaired) electrons. The quantitative estimate of drug-likeness (QED) is 0.773. The summed E-state index contributed by atoms with van der Waals surface area (Å²) in [4.78, 5) is 23.8. The fourth-order valence-corrected chi connectivity index (χ4v) is 2.56. The molecular formula is C17H15BrClNO3. The molecule has 2 aromatic rings. The summed E-state index contributed by atoms with van der Waals surface area (Å²) >= 11 is 9.25. The molecule has 0 aliphatic heterocycles. The van der Waals surface area contributed by atoms with Gasteiger partial charge in [-0.3, -0.25) is 4.79 Å². The summed E-state index contributed by atoms with van der Waals surface area (Å²) in [5, 5.41) is 3.17. The van der Waals surface area contributed by atoms with Gasteiger partial charge in [0.15, 0.2) is 6.61 Å². The van der Waals surface area contributed by atoms with Gasteiger partial charge in [0.1, 0.15) is 0 Å². The van der Waals surface area contributed by atoms with Crippen molar-refractivity contribution in [3.63, 3.8) is 0 Å². The minimum absolute atomic E-state index is 0.306. The van der Waals surface area contributed by atoms with Crippen LogP contribution in [0.15, 0.2) is 40.9 Å². The molecule has 2 aromatic carbocycles. The Balaban J connectivity index is 1.95. The van der Waals surface area contributed by atoms with Gasteiger partial charge < -0.3 is 10.1 Å². The monoisotopic (exact) mass is 395 g/mol. The summed E-state index contributed by atoms with van der Waals surface area (Å²) < 4.78 is 5.96. The summed E-state index contributed by atoms with van der Waals surface area (Å²) in [6, 6.07) is 10.0. The van der Waals surface area contributed by atoms with Crippen LogP contribution < -0.4 is 5.32 Å². The van der Waals surface area contributed by atoms with Crippen molar-refractivity contribution < 1.29 is 14.3 Å². The van der Waals surface area contributed by atoms with Gasteiger partial charge in [0, 0.05) is 15.2 Å². The van der Waals surface area contributed by atoms with Gasteiger partial charge in [-0.15, -0.1) is 0 Å². The van der Waals surface area contributed by atoms with Gasteiger partial charge in [0.2, 0.25) is 0 Å². The molecule has 0 unspecified atom stereocenters. The first kappa shape index (κ1) is 17.5. The number of ether oxygens (including phenoxy) is 1. The maximum Gasteiger partial charge on any atom is 0.338 e. The van der Waals surface area contributed by atoms with Crippen LogP contribution >= 0.6 is 27.5 Å². The summed E-state index contributed by atoms with van der Waals surface area (Å²) in [6.07, 6.45) is 0. The van der Waals surface area contributed by atoms with Crippen molar-refractivity contribution in [3.8, 4) is 0 Å². The lowest BCUT2D eigenvalue weighted by atomic mass is 10.1. The molecule has 120 valence electrons. The number of amides is 1. The van der Waals surface area contributed by atoms with E-state index in [2.05, 4.69) is 21.2 Å². The summed E-state index contributed by atoms with van der Waals surface area (Å²) in [5.41, 5.74) is 2.99. The highest BCUT2D eigenvalue weighted by Gasteiger charge is 2.12. The van der Waals surface area contributed by atoms with E-state index < -0.39 is 11.9 Å². The van der Waals surface area contributed by atoms with E-state index in [-0.39, 0.29) is 6.61 Å². The molecular weight excluding hydrogens is 382 g/mol. The molecule has 0 atom stereocenters. The predicted octanol–water partition coefficient (Wildman–Crippen LogP) is 4.51. The smallest absolute Gasteiger partial charge is 0.338 e. The van der Waals surface area contributed by atoms with E-state index in [1.807, 2.05) is 19.9 Å². The molecule has 4 nitrogen and oxygen atoms in total. The van der Waals surface area contributed by atoms with E-state index in [1.54, 1.807) is 24.3 Å². The number of halogens is 2. The highest BCUT2D eigenvalue weighted by Crippen LogP contribution is 2.25. The molecule has 0 spiro atoms. The van der Waals surface area contributed by atoms with Gasteiger partial charge in [-0.2, -0.15) is 0 Å².